The lowest BCUT2D eigenvalue weighted by atomic mass is 9.99. The molecule has 0 saturated carbocycles. The number of rotatable bonds is 8. The van der Waals surface area contributed by atoms with Gasteiger partial charge in [0.05, 0.1) is 13.2 Å². The van der Waals surface area contributed by atoms with Crippen LogP contribution in [0.1, 0.15) is 37.8 Å². The summed E-state index contributed by atoms with van der Waals surface area (Å²) in [7, 11) is 1.80. The smallest absolute Gasteiger partial charge is 0.222 e. The molecule has 1 unspecified atom stereocenters. The molecule has 1 aromatic rings. The van der Waals surface area contributed by atoms with E-state index in [-0.39, 0.29) is 5.91 Å². The molecule has 1 aromatic carbocycles. The molecule has 0 radical (unpaired) electrons. The number of amides is 1. The molecule has 2 heterocycles. The molecule has 7 nitrogen and oxygen atoms in total. The van der Waals surface area contributed by atoms with Crippen molar-refractivity contribution in [2.75, 3.05) is 53.0 Å². The molecular formula is C24H39N5O2. The number of carbonyl (C=O) groups is 1. The van der Waals surface area contributed by atoms with Crippen LogP contribution in [0.15, 0.2) is 29.3 Å². The van der Waals surface area contributed by atoms with Crippen LogP contribution in [-0.2, 0) is 22.5 Å². The van der Waals surface area contributed by atoms with E-state index in [1.807, 2.05) is 4.90 Å². The quantitative estimate of drug-likeness (QED) is 0.375. The topological polar surface area (TPSA) is 69.2 Å². The lowest BCUT2D eigenvalue weighted by Gasteiger charge is -2.37. The third-order valence-electron chi connectivity index (χ3n) is 6.33. The van der Waals surface area contributed by atoms with E-state index in [2.05, 4.69) is 58.6 Å². The largest absolute Gasteiger partial charge is 0.379 e. The first-order valence-corrected chi connectivity index (χ1v) is 11.7. The van der Waals surface area contributed by atoms with Gasteiger partial charge >= 0.3 is 0 Å². The van der Waals surface area contributed by atoms with Crippen molar-refractivity contribution in [3.8, 4) is 0 Å². The lowest BCUT2D eigenvalue weighted by Crippen LogP contribution is -2.52. The number of hydrogen-bond donors (Lipinski definition) is 2. The number of morpholine rings is 1. The molecule has 2 aliphatic heterocycles. The molecule has 1 saturated heterocycles. The molecule has 0 bridgehead atoms. The number of benzene rings is 1. The molecule has 3 rings (SSSR count). The van der Waals surface area contributed by atoms with Gasteiger partial charge in [0.15, 0.2) is 5.96 Å². The van der Waals surface area contributed by atoms with Gasteiger partial charge in [0.2, 0.25) is 5.91 Å². The first-order chi connectivity index (χ1) is 15.1. The van der Waals surface area contributed by atoms with Crippen LogP contribution in [0, 0.1) is 5.92 Å². The van der Waals surface area contributed by atoms with E-state index in [9.17, 15) is 4.79 Å². The highest BCUT2D eigenvalue weighted by Gasteiger charge is 2.24. The van der Waals surface area contributed by atoms with E-state index in [1.54, 1.807) is 7.05 Å². The summed E-state index contributed by atoms with van der Waals surface area (Å²) in [6.07, 6.45) is 2.32. The van der Waals surface area contributed by atoms with Gasteiger partial charge in [0, 0.05) is 58.8 Å². The fraction of sp³-hybridized carbons (Fsp3) is 0.667. The third-order valence-corrected chi connectivity index (χ3v) is 6.33. The number of aliphatic imine (C=N–C) groups is 1. The average molecular weight is 430 g/mol. The number of carbonyl (C=O) groups excluding carboxylic acids is 1. The normalized spacial score (nSPS) is 18.6. The van der Waals surface area contributed by atoms with Crippen molar-refractivity contribution in [2.24, 2.45) is 10.9 Å². The Morgan fingerprint density at radius 2 is 1.87 bits per heavy atom. The number of nitrogens with one attached hydrogen (secondary N) is 2. The Kier molecular flexibility index (Phi) is 9.15. The molecule has 2 N–H and O–H groups in total. The number of ether oxygens (including phenoxy) is 1. The molecule has 1 atom stereocenters. The molecule has 0 aromatic heterocycles. The van der Waals surface area contributed by atoms with Gasteiger partial charge in [-0.3, -0.25) is 14.7 Å². The Morgan fingerprint density at radius 3 is 2.58 bits per heavy atom. The van der Waals surface area contributed by atoms with Crippen molar-refractivity contribution < 1.29 is 9.53 Å². The van der Waals surface area contributed by atoms with Crippen molar-refractivity contribution in [1.29, 1.82) is 0 Å². The maximum absolute atomic E-state index is 12.6. The average Bonchev–Trinajstić information content (AvgIpc) is 2.80. The maximum Gasteiger partial charge on any atom is 0.222 e. The minimum atomic E-state index is 0.242. The summed E-state index contributed by atoms with van der Waals surface area (Å²) in [5, 5.41) is 6.84. The lowest BCUT2D eigenvalue weighted by molar-refractivity contribution is -0.132. The summed E-state index contributed by atoms with van der Waals surface area (Å²) in [6.45, 7) is 11.3. The predicted octanol–water partition coefficient (Wildman–Crippen LogP) is 1.87. The Morgan fingerprint density at radius 1 is 1.13 bits per heavy atom. The van der Waals surface area contributed by atoms with E-state index in [4.69, 9.17) is 4.74 Å². The van der Waals surface area contributed by atoms with Crippen LogP contribution in [-0.4, -0.2) is 80.7 Å². The van der Waals surface area contributed by atoms with Gasteiger partial charge in [0.1, 0.15) is 0 Å². The second kappa shape index (κ2) is 12.1. The Bertz CT molecular complexity index is 730. The van der Waals surface area contributed by atoms with E-state index in [0.717, 1.165) is 71.3 Å². The molecule has 1 amide bonds. The zero-order valence-corrected chi connectivity index (χ0v) is 19.4. The standard InChI is InChI=1S/C24H39N5O2/c1-19(2)22(28-13-15-31-16-14-28)17-27-24(25-3)26-11-6-9-23(30)29-12-10-20-7-4-5-8-21(20)18-29/h4-5,7-8,19,22H,6,9-18H2,1-3H3,(H2,25,26,27). The van der Waals surface area contributed by atoms with Crippen LogP contribution >= 0.6 is 0 Å². The van der Waals surface area contributed by atoms with E-state index >= 15 is 0 Å². The highest BCUT2D eigenvalue weighted by Crippen LogP contribution is 2.19. The molecule has 31 heavy (non-hydrogen) atoms. The van der Waals surface area contributed by atoms with Crippen LogP contribution < -0.4 is 10.6 Å². The summed E-state index contributed by atoms with van der Waals surface area (Å²) < 4.78 is 5.49. The first-order valence-electron chi connectivity index (χ1n) is 11.7. The van der Waals surface area contributed by atoms with Crippen LogP contribution in [0.3, 0.4) is 0 Å². The SMILES string of the molecule is CN=C(NCCCC(=O)N1CCc2ccccc2C1)NCC(C(C)C)N1CCOCC1. The van der Waals surface area contributed by atoms with Crippen molar-refractivity contribution in [1.82, 2.24) is 20.4 Å². The van der Waals surface area contributed by atoms with Gasteiger partial charge in [-0.25, -0.2) is 0 Å². The predicted molar refractivity (Wildman–Crippen MR) is 125 cm³/mol. The van der Waals surface area contributed by atoms with Gasteiger partial charge < -0.3 is 20.3 Å². The van der Waals surface area contributed by atoms with E-state index in [1.165, 1.54) is 11.1 Å². The fourth-order valence-corrected chi connectivity index (χ4v) is 4.43. The van der Waals surface area contributed by atoms with Crippen LogP contribution in [0.25, 0.3) is 0 Å². The number of guanidine groups is 1. The number of nitrogens with zero attached hydrogens (tertiary/aromatic N) is 3. The highest BCUT2D eigenvalue weighted by molar-refractivity contribution is 5.80. The molecule has 2 aliphatic rings. The van der Waals surface area contributed by atoms with Crippen molar-refractivity contribution >= 4 is 11.9 Å². The Labute approximate surface area is 187 Å². The third kappa shape index (κ3) is 6.94. The second-order valence-corrected chi connectivity index (χ2v) is 8.78. The monoisotopic (exact) mass is 429 g/mol. The molecule has 172 valence electrons. The first kappa shape index (κ1) is 23.5. The zero-order chi connectivity index (χ0) is 22.1. The summed E-state index contributed by atoms with van der Waals surface area (Å²) >= 11 is 0. The van der Waals surface area contributed by atoms with Gasteiger partial charge in [-0.1, -0.05) is 38.1 Å². The Hall–Kier alpha value is -2.12. The maximum atomic E-state index is 12.6. The minimum Gasteiger partial charge on any atom is -0.379 e. The molecule has 0 aliphatic carbocycles. The number of fused-ring (bicyclic) bond motifs is 1. The molecule has 0 spiro atoms. The molecule has 1 fully saturated rings. The van der Waals surface area contributed by atoms with E-state index < -0.39 is 0 Å². The zero-order valence-electron chi connectivity index (χ0n) is 19.4. The highest BCUT2D eigenvalue weighted by atomic mass is 16.5. The second-order valence-electron chi connectivity index (χ2n) is 8.78. The van der Waals surface area contributed by atoms with Gasteiger partial charge in [0.25, 0.3) is 0 Å². The summed E-state index contributed by atoms with van der Waals surface area (Å²) in [6, 6.07) is 8.88. The number of hydrogen-bond acceptors (Lipinski definition) is 4. The summed E-state index contributed by atoms with van der Waals surface area (Å²) in [5.74, 6) is 1.60. The molecule has 7 heteroatoms. The van der Waals surface area contributed by atoms with Crippen molar-refractivity contribution in [2.45, 2.75) is 45.7 Å². The van der Waals surface area contributed by atoms with Crippen molar-refractivity contribution in [3.05, 3.63) is 35.4 Å². The Balaban J connectivity index is 1.36. The van der Waals surface area contributed by atoms with Gasteiger partial charge in [-0.2, -0.15) is 0 Å². The fourth-order valence-electron chi connectivity index (χ4n) is 4.43. The summed E-state index contributed by atoms with van der Waals surface area (Å²) in [4.78, 5) is 21.5. The van der Waals surface area contributed by atoms with Crippen LogP contribution in [0.2, 0.25) is 0 Å². The van der Waals surface area contributed by atoms with E-state index in [0.29, 0.717) is 18.4 Å². The van der Waals surface area contributed by atoms with Gasteiger partial charge in [-0.15, -0.1) is 0 Å². The molecular weight excluding hydrogens is 390 g/mol. The van der Waals surface area contributed by atoms with Gasteiger partial charge in [-0.05, 0) is 29.9 Å². The minimum absolute atomic E-state index is 0.242. The van der Waals surface area contributed by atoms with Crippen molar-refractivity contribution in [3.63, 3.8) is 0 Å². The summed E-state index contributed by atoms with van der Waals surface area (Å²) in [5.41, 5.74) is 2.66. The van der Waals surface area contributed by atoms with Crippen LogP contribution in [0.4, 0.5) is 0 Å². The van der Waals surface area contributed by atoms with Crippen LogP contribution in [0.5, 0.6) is 0 Å².